The van der Waals surface area contributed by atoms with Crippen molar-refractivity contribution < 1.29 is 9.47 Å². The molecule has 8 heteroatoms. The van der Waals surface area contributed by atoms with Gasteiger partial charge in [0.25, 0.3) is 0 Å². The summed E-state index contributed by atoms with van der Waals surface area (Å²) in [4.78, 5) is 6.96. The number of benzene rings is 1. The summed E-state index contributed by atoms with van der Waals surface area (Å²) in [6, 6.07) is 6.12. The molecule has 7 nitrogen and oxygen atoms in total. The highest BCUT2D eigenvalue weighted by atomic mass is 32.1. The third kappa shape index (κ3) is 3.30. The van der Waals surface area contributed by atoms with E-state index in [2.05, 4.69) is 37.6 Å². The minimum atomic E-state index is 0.159. The van der Waals surface area contributed by atoms with Crippen LogP contribution >= 0.6 is 11.3 Å². The summed E-state index contributed by atoms with van der Waals surface area (Å²) in [6.45, 7) is 6.72. The minimum absolute atomic E-state index is 0.159. The van der Waals surface area contributed by atoms with Crippen molar-refractivity contribution in [1.29, 1.82) is 0 Å². The fourth-order valence-electron chi connectivity index (χ4n) is 3.50. The highest BCUT2D eigenvalue weighted by Gasteiger charge is 2.29. The van der Waals surface area contributed by atoms with Crippen molar-refractivity contribution in [3.8, 4) is 23.0 Å². The molecule has 0 spiro atoms. The lowest BCUT2D eigenvalue weighted by atomic mass is 10.1. The van der Waals surface area contributed by atoms with Crippen LogP contribution in [0.5, 0.6) is 11.5 Å². The van der Waals surface area contributed by atoms with Gasteiger partial charge in [0.2, 0.25) is 0 Å². The summed E-state index contributed by atoms with van der Waals surface area (Å²) in [5.41, 5.74) is 2.04. The Morgan fingerprint density at radius 2 is 2.04 bits per heavy atom. The van der Waals surface area contributed by atoms with Crippen molar-refractivity contribution in [2.45, 2.75) is 33.0 Å². The van der Waals surface area contributed by atoms with Gasteiger partial charge < -0.3 is 14.0 Å². The van der Waals surface area contributed by atoms with E-state index in [1.54, 1.807) is 25.6 Å². The third-order valence-electron chi connectivity index (χ3n) is 5.03. The topological polar surface area (TPSA) is 65.3 Å². The van der Waals surface area contributed by atoms with E-state index in [-0.39, 0.29) is 6.04 Å². The molecule has 1 aliphatic heterocycles. The Morgan fingerprint density at radius 1 is 1.19 bits per heavy atom. The molecule has 0 unspecified atom stereocenters. The van der Waals surface area contributed by atoms with E-state index in [1.165, 1.54) is 0 Å². The SMILES string of the molecule is COc1ccc(CN2CCn3c(-c4csc(C)n4)nnc3[C@@H]2C)c(OC)c1. The van der Waals surface area contributed by atoms with Crippen molar-refractivity contribution in [3.05, 3.63) is 40.0 Å². The molecule has 1 aromatic carbocycles. The first-order chi connectivity index (χ1) is 13.1. The number of nitrogens with zero attached hydrogens (tertiary/aromatic N) is 5. The summed E-state index contributed by atoms with van der Waals surface area (Å²) in [6.07, 6.45) is 0. The van der Waals surface area contributed by atoms with Crippen LogP contribution in [0.1, 0.15) is 29.4 Å². The monoisotopic (exact) mass is 385 g/mol. The molecular weight excluding hydrogens is 362 g/mol. The van der Waals surface area contributed by atoms with Crippen LogP contribution < -0.4 is 9.47 Å². The zero-order chi connectivity index (χ0) is 19.0. The van der Waals surface area contributed by atoms with E-state index in [0.29, 0.717) is 0 Å². The third-order valence-corrected chi connectivity index (χ3v) is 5.80. The van der Waals surface area contributed by atoms with Crippen molar-refractivity contribution >= 4 is 11.3 Å². The molecule has 0 saturated carbocycles. The zero-order valence-corrected chi connectivity index (χ0v) is 16.8. The van der Waals surface area contributed by atoms with Gasteiger partial charge in [0.05, 0.1) is 25.3 Å². The second kappa shape index (κ2) is 7.28. The van der Waals surface area contributed by atoms with Crippen molar-refractivity contribution in [1.82, 2.24) is 24.6 Å². The predicted octanol–water partition coefficient (Wildman–Crippen LogP) is 3.30. The van der Waals surface area contributed by atoms with E-state index in [4.69, 9.17) is 9.47 Å². The Hall–Kier alpha value is -2.45. The molecular formula is C19H23N5O2S. The number of aryl methyl sites for hydroxylation is 1. The molecule has 2 aromatic heterocycles. The van der Waals surface area contributed by atoms with Gasteiger partial charge in [-0.25, -0.2) is 4.98 Å². The van der Waals surface area contributed by atoms with Crippen LogP contribution in [-0.2, 0) is 13.1 Å². The van der Waals surface area contributed by atoms with Gasteiger partial charge in [-0.15, -0.1) is 21.5 Å². The highest BCUT2D eigenvalue weighted by Crippen LogP contribution is 2.32. The number of ether oxygens (including phenoxy) is 2. The number of fused-ring (bicyclic) bond motifs is 1. The Labute approximate surface area is 162 Å². The van der Waals surface area contributed by atoms with E-state index in [0.717, 1.165) is 59.0 Å². The van der Waals surface area contributed by atoms with Gasteiger partial charge in [0.1, 0.15) is 17.2 Å². The van der Waals surface area contributed by atoms with E-state index >= 15 is 0 Å². The summed E-state index contributed by atoms with van der Waals surface area (Å²) in [5.74, 6) is 3.48. The van der Waals surface area contributed by atoms with Gasteiger partial charge in [0.15, 0.2) is 11.6 Å². The summed E-state index contributed by atoms with van der Waals surface area (Å²) >= 11 is 1.64. The second-order valence-electron chi connectivity index (χ2n) is 6.61. The second-order valence-corrected chi connectivity index (χ2v) is 7.67. The Kier molecular flexibility index (Phi) is 4.84. The average molecular weight is 385 g/mol. The van der Waals surface area contributed by atoms with Gasteiger partial charge in [-0.2, -0.15) is 0 Å². The number of hydrogen-bond donors (Lipinski definition) is 0. The summed E-state index contributed by atoms with van der Waals surface area (Å²) in [7, 11) is 3.35. The fourth-order valence-corrected chi connectivity index (χ4v) is 4.09. The Balaban J connectivity index is 1.58. The maximum Gasteiger partial charge on any atom is 0.183 e. The van der Waals surface area contributed by atoms with Gasteiger partial charge in [-0.1, -0.05) is 6.07 Å². The van der Waals surface area contributed by atoms with Crippen LogP contribution in [0, 0.1) is 6.92 Å². The molecule has 0 aliphatic carbocycles. The van der Waals surface area contributed by atoms with Crippen LogP contribution in [0.3, 0.4) is 0 Å². The van der Waals surface area contributed by atoms with Crippen LogP contribution in [0.15, 0.2) is 23.6 Å². The van der Waals surface area contributed by atoms with Gasteiger partial charge >= 0.3 is 0 Å². The molecule has 0 N–H and O–H groups in total. The molecule has 1 atom stereocenters. The van der Waals surface area contributed by atoms with Gasteiger partial charge in [0, 0.05) is 36.6 Å². The molecule has 0 radical (unpaired) electrons. The largest absolute Gasteiger partial charge is 0.497 e. The Bertz CT molecular complexity index is 951. The standard InChI is InChI=1S/C19H23N5O2S/c1-12-18-21-22-19(16-11-27-13(2)20-16)24(18)8-7-23(12)10-14-5-6-15(25-3)9-17(14)26-4/h5-6,9,11-12H,7-8,10H2,1-4H3/t12-/m0/s1. The lowest BCUT2D eigenvalue weighted by Crippen LogP contribution is -2.36. The zero-order valence-electron chi connectivity index (χ0n) is 16.0. The first kappa shape index (κ1) is 17.9. The summed E-state index contributed by atoms with van der Waals surface area (Å²) < 4.78 is 13.0. The summed E-state index contributed by atoms with van der Waals surface area (Å²) in [5, 5.41) is 12.0. The molecule has 0 amide bonds. The molecule has 0 saturated heterocycles. The van der Waals surface area contributed by atoms with Crippen LogP contribution in [-0.4, -0.2) is 45.4 Å². The van der Waals surface area contributed by atoms with Crippen molar-refractivity contribution in [3.63, 3.8) is 0 Å². The molecule has 3 aromatic rings. The maximum absolute atomic E-state index is 5.55. The molecule has 0 bridgehead atoms. The van der Waals surface area contributed by atoms with E-state index in [9.17, 15) is 0 Å². The molecule has 0 fully saturated rings. The predicted molar refractivity (Wildman–Crippen MR) is 104 cm³/mol. The molecule has 27 heavy (non-hydrogen) atoms. The normalized spacial score (nSPS) is 17.0. The fraction of sp³-hybridized carbons (Fsp3) is 0.421. The maximum atomic E-state index is 5.55. The smallest absolute Gasteiger partial charge is 0.183 e. The number of thiazole rings is 1. The first-order valence-electron chi connectivity index (χ1n) is 8.91. The number of methoxy groups -OCH3 is 2. The van der Waals surface area contributed by atoms with E-state index in [1.807, 2.05) is 24.4 Å². The van der Waals surface area contributed by atoms with Gasteiger partial charge in [-0.3, -0.25) is 4.90 Å². The van der Waals surface area contributed by atoms with Crippen LogP contribution in [0.2, 0.25) is 0 Å². The molecule has 142 valence electrons. The van der Waals surface area contributed by atoms with Crippen molar-refractivity contribution in [2.24, 2.45) is 0 Å². The van der Waals surface area contributed by atoms with Gasteiger partial charge in [-0.05, 0) is 19.9 Å². The quantitative estimate of drug-likeness (QED) is 0.671. The van der Waals surface area contributed by atoms with Crippen molar-refractivity contribution in [2.75, 3.05) is 20.8 Å². The molecule has 4 rings (SSSR count). The van der Waals surface area contributed by atoms with Crippen LogP contribution in [0.4, 0.5) is 0 Å². The minimum Gasteiger partial charge on any atom is -0.497 e. The average Bonchev–Trinajstić information content (AvgIpc) is 3.30. The lowest BCUT2D eigenvalue weighted by Gasteiger charge is -2.33. The highest BCUT2D eigenvalue weighted by molar-refractivity contribution is 7.09. The molecule has 1 aliphatic rings. The van der Waals surface area contributed by atoms with Crippen LogP contribution in [0.25, 0.3) is 11.5 Å². The van der Waals surface area contributed by atoms with E-state index < -0.39 is 0 Å². The number of hydrogen-bond acceptors (Lipinski definition) is 7. The Morgan fingerprint density at radius 3 is 2.74 bits per heavy atom. The number of aromatic nitrogens is 4. The lowest BCUT2D eigenvalue weighted by molar-refractivity contribution is 0.155. The first-order valence-corrected chi connectivity index (χ1v) is 9.79. The number of rotatable bonds is 5. The molecule has 3 heterocycles.